The van der Waals surface area contributed by atoms with E-state index in [1.807, 2.05) is 13.8 Å². The van der Waals surface area contributed by atoms with Crippen molar-refractivity contribution in [2.45, 2.75) is 159 Å². The van der Waals surface area contributed by atoms with Crippen LogP contribution in [0.1, 0.15) is 87.0 Å². The van der Waals surface area contributed by atoms with Crippen LogP contribution >= 0.6 is 0 Å². The number of rotatable bonds is 12. The molecule has 1 N–H and O–H groups in total. The van der Waals surface area contributed by atoms with E-state index in [1.54, 1.807) is 6.08 Å². The van der Waals surface area contributed by atoms with Gasteiger partial charge in [0.2, 0.25) is 0 Å². The van der Waals surface area contributed by atoms with Crippen LogP contribution in [0.15, 0.2) is 12.2 Å². The number of ether oxygens (including phenoxy) is 6. The van der Waals surface area contributed by atoms with Crippen molar-refractivity contribution in [2.24, 2.45) is 0 Å². The van der Waals surface area contributed by atoms with Gasteiger partial charge in [-0.1, -0.05) is 54.5 Å². The van der Waals surface area contributed by atoms with Gasteiger partial charge >= 0.3 is 5.97 Å². The Labute approximate surface area is 242 Å². The van der Waals surface area contributed by atoms with Gasteiger partial charge in [-0.05, 0) is 56.7 Å². The van der Waals surface area contributed by atoms with Crippen LogP contribution in [-0.4, -0.2) is 87.4 Å². The fourth-order valence-electron chi connectivity index (χ4n) is 5.57. The van der Waals surface area contributed by atoms with E-state index in [4.69, 9.17) is 32.8 Å². The van der Waals surface area contributed by atoms with Crippen LogP contribution in [-0.2, 0) is 37.6 Å². The van der Waals surface area contributed by atoms with Crippen LogP contribution in [0.5, 0.6) is 0 Å². The molecule has 0 saturated carbocycles. The lowest BCUT2D eigenvalue weighted by Crippen LogP contribution is -2.64. The SMILES string of the molecule is CCC1(CC)O[C@@H]2[C@@H]([C@@H](O[Si](C)(C)C(C)(C)C)[C@H]3COC(CC)(CC)O3)O[C@@H](CC/C=C/C(=O)OC)[C@H](O)[C@@H]2O1. The molecule has 10 heteroatoms. The highest BCUT2D eigenvalue weighted by Gasteiger charge is 2.61. The Morgan fingerprint density at radius 2 is 1.62 bits per heavy atom. The second kappa shape index (κ2) is 13.2. The molecule has 0 aromatic carbocycles. The van der Waals surface area contributed by atoms with E-state index < -0.39 is 62.5 Å². The molecular formula is C30H54O9Si. The summed E-state index contributed by atoms with van der Waals surface area (Å²) in [7, 11) is -0.960. The fraction of sp³-hybridized carbons (Fsp3) is 0.900. The van der Waals surface area contributed by atoms with Gasteiger partial charge in [-0.3, -0.25) is 0 Å². The normalized spacial score (nSPS) is 32.8. The number of esters is 1. The molecule has 9 nitrogen and oxygen atoms in total. The first kappa shape index (κ1) is 33.6. The van der Waals surface area contributed by atoms with Gasteiger partial charge in [-0.2, -0.15) is 0 Å². The first-order valence-electron chi connectivity index (χ1n) is 15.1. The summed E-state index contributed by atoms with van der Waals surface area (Å²) >= 11 is 0. The van der Waals surface area contributed by atoms with E-state index >= 15 is 0 Å². The number of aliphatic hydroxyl groups excluding tert-OH is 1. The number of hydrogen-bond donors (Lipinski definition) is 1. The van der Waals surface area contributed by atoms with Crippen molar-refractivity contribution in [3.8, 4) is 0 Å². The average Bonchev–Trinajstić information content (AvgIpc) is 3.54. The second-order valence-corrected chi connectivity index (χ2v) is 17.6. The predicted octanol–water partition coefficient (Wildman–Crippen LogP) is 5.25. The Balaban J connectivity index is 1.99. The van der Waals surface area contributed by atoms with E-state index in [0.29, 0.717) is 32.3 Å². The zero-order valence-electron chi connectivity index (χ0n) is 26.4. The van der Waals surface area contributed by atoms with Crippen LogP contribution < -0.4 is 0 Å². The topological polar surface area (TPSA) is 102 Å². The molecule has 0 aliphatic carbocycles. The summed E-state index contributed by atoms with van der Waals surface area (Å²) < 4.78 is 44.7. The number of methoxy groups -OCH3 is 1. The third kappa shape index (κ3) is 7.02. The van der Waals surface area contributed by atoms with Gasteiger partial charge in [0.25, 0.3) is 0 Å². The van der Waals surface area contributed by atoms with E-state index in [2.05, 4.69) is 47.7 Å². The molecule has 0 spiro atoms. The van der Waals surface area contributed by atoms with E-state index in [1.165, 1.54) is 13.2 Å². The summed E-state index contributed by atoms with van der Waals surface area (Å²) in [5.41, 5.74) is 0. The molecule has 0 amide bonds. The predicted molar refractivity (Wildman–Crippen MR) is 154 cm³/mol. The Bertz CT molecular complexity index is 862. The Morgan fingerprint density at radius 3 is 2.15 bits per heavy atom. The zero-order chi connectivity index (χ0) is 29.9. The third-order valence-corrected chi connectivity index (χ3v) is 13.9. The molecule has 0 unspecified atom stereocenters. The first-order valence-corrected chi connectivity index (χ1v) is 18.0. The Hall–Kier alpha value is -0.853. The maximum Gasteiger partial charge on any atom is 0.330 e. The third-order valence-electron chi connectivity index (χ3n) is 9.43. The van der Waals surface area contributed by atoms with Gasteiger partial charge in [-0.15, -0.1) is 0 Å². The van der Waals surface area contributed by atoms with Crippen LogP contribution in [0.3, 0.4) is 0 Å². The van der Waals surface area contributed by atoms with Crippen LogP contribution in [0, 0.1) is 0 Å². The quantitative estimate of drug-likeness (QED) is 0.187. The number of allylic oxidation sites excluding steroid dienone is 1. The molecule has 0 aromatic heterocycles. The molecule has 3 heterocycles. The molecule has 3 aliphatic rings. The lowest BCUT2D eigenvalue weighted by Gasteiger charge is -2.48. The van der Waals surface area contributed by atoms with E-state index in [9.17, 15) is 9.90 Å². The molecule has 0 radical (unpaired) electrons. The van der Waals surface area contributed by atoms with Gasteiger partial charge in [-0.25, -0.2) is 4.79 Å². The van der Waals surface area contributed by atoms with Gasteiger partial charge in [0, 0.05) is 6.08 Å². The molecule has 3 saturated heterocycles. The highest BCUT2D eigenvalue weighted by atomic mass is 28.4. The van der Waals surface area contributed by atoms with Crippen molar-refractivity contribution in [1.82, 2.24) is 0 Å². The maximum atomic E-state index is 11.6. The van der Waals surface area contributed by atoms with Crippen LogP contribution in [0.4, 0.5) is 0 Å². The lowest BCUT2D eigenvalue weighted by atomic mass is 9.89. The monoisotopic (exact) mass is 586 g/mol. The molecule has 7 atom stereocenters. The summed E-state index contributed by atoms with van der Waals surface area (Å²) in [5, 5.41) is 11.4. The minimum atomic E-state index is -2.31. The smallest absolute Gasteiger partial charge is 0.330 e. The zero-order valence-corrected chi connectivity index (χ0v) is 27.4. The van der Waals surface area contributed by atoms with Crippen LogP contribution in [0.25, 0.3) is 0 Å². The number of carbonyl (C=O) groups is 1. The first-order chi connectivity index (χ1) is 18.7. The summed E-state index contributed by atoms with van der Waals surface area (Å²) in [5.74, 6) is -1.87. The second-order valence-electron chi connectivity index (χ2n) is 12.8. The maximum absolute atomic E-state index is 11.6. The molecule has 0 bridgehead atoms. The molecular weight excluding hydrogens is 532 g/mol. The summed E-state index contributed by atoms with van der Waals surface area (Å²) in [4.78, 5) is 11.6. The number of fused-ring (bicyclic) bond motifs is 1. The number of aliphatic hydroxyl groups is 1. The Morgan fingerprint density at radius 1 is 1.02 bits per heavy atom. The molecule has 3 fully saturated rings. The highest BCUT2D eigenvalue weighted by molar-refractivity contribution is 6.74. The van der Waals surface area contributed by atoms with Crippen molar-refractivity contribution < 1.29 is 42.7 Å². The standard InChI is InChI=1S/C30H54O9Si/c1-11-29(12-2)34-19-21(36-29)24(39-40(9,10)28(5,6)7)26-27-25(37-30(13-3,14-4)38-27)23(32)20(35-26)17-15-16-18-22(31)33-8/h16,18,20-21,23-27,32H,11-15,17,19H2,1-10H3/b18-16+/t20-,21+,23-,24-,25-,26+,27-/m0/s1. The van der Waals surface area contributed by atoms with Gasteiger partial charge in [0.05, 0.1) is 19.8 Å². The van der Waals surface area contributed by atoms with E-state index in [0.717, 1.165) is 12.8 Å². The number of carbonyl (C=O) groups excluding carboxylic acids is 1. The highest BCUT2D eigenvalue weighted by Crippen LogP contribution is 2.46. The summed E-state index contributed by atoms with van der Waals surface area (Å²) in [6, 6.07) is 0. The largest absolute Gasteiger partial charge is 0.466 e. The molecule has 0 aromatic rings. The average molecular weight is 587 g/mol. The van der Waals surface area contributed by atoms with Gasteiger partial charge < -0.3 is 38.0 Å². The van der Waals surface area contributed by atoms with Gasteiger partial charge in [0.1, 0.15) is 36.6 Å². The molecule has 40 heavy (non-hydrogen) atoms. The van der Waals surface area contributed by atoms with Crippen LogP contribution in [0.2, 0.25) is 18.1 Å². The van der Waals surface area contributed by atoms with E-state index in [-0.39, 0.29) is 11.1 Å². The molecule has 3 aliphatic heterocycles. The minimum absolute atomic E-state index is 0.0490. The van der Waals surface area contributed by atoms with Crippen molar-refractivity contribution in [2.75, 3.05) is 13.7 Å². The fourth-order valence-corrected chi connectivity index (χ4v) is 6.89. The van der Waals surface area contributed by atoms with Crippen molar-refractivity contribution >= 4 is 14.3 Å². The van der Waals surface area contributed by atoms with Crippen molar-refractivity contribution in [1.29, 1.82) is 0 Å². The summed E-state index contributed by atoms with van der Waals surface area (Å²) in [6.45, 7) is 19.7. The lowest BCUT2D eigenvalue weighted by molar-refractivity contribution is -0.235. The van der Waals surface area contributed by atoms with Crippen molar-refractivity contribution in [3.63, 3.8) is 0 Å². The molecule has 3 rings (SSSR count). The molecule has 232 valence electrons. The number of hydrogen-bond acceptors (Lipinski definition) is 9. The summed E-state index contributed by atoms with van der Waals surface area (Å²) in [6.07, 6.45) is 2.96. The van der Waals surface area contributed by atoms with Crippen molar-refractivity contribution in [3.05, 3.63) is 12.2 Å². The minimum Gasteiger partial charge on any atom is -0.466 e. The Kier molecular flexibility index (Phi) is 11.1. The van der Waals surface area contributed by atoms with Gasteiger partial charge in [0.15, 0.2) is 19.9 Å².